The monoisotopic (exact) mass is 394 g/mol. The Labute approximate surface area is 160 Å². The van der Waals surface area contributed by atoms with Gasteiger partial charge in [-0.2, -0.15) is 0 Å². The zero-order chi connectivity index (χ0) is 14.9. The van der Waals surface area contributed by atoms with Gasteiger partial charge in [-0.1, -0.05) is 59.6 Å². The number of benzene rings is 2. The van der Waals surface area contributed by atoms with Crippen LogP contribution >= 0.6 is 48.0 Å². The van der Waals surface area contributed by atoms with Crippen LogP contribution in [0.3, 0.4) is 0 Å². The predicted molar refractivity (Wildman–Crippen MR) is 105 cm³/mol. The molecular formula is C17H22Cl4N2. The van der Waals surface area contributed by atoms with Gasteiger partial charge in [-0.15, -0.1) is 24.8 Å². The molecule has 0 fully saturated rings. The van der Waals surface area contributed by atoms with Crippen LogP contribution in [0.2, 0.25) is 10.0 Å². The van der Waals surface area contributed by atoms with Crippen LogP contribution in [0.5, 0.6) is 0 Å². The van der Waals surface area contributed by atoms with E-state index in [0.29, 0.717) is 0 Å². The fraction of sp³-hybridized carbons (Fsp3) is 0.294. The van der Waals surface area contributed by atoms with Gasteiger partial charge >= 0.3 is 0 Å². The Morgan fingerprint density at radius 2 is 1.04 bits per heavy atom. The lowest BCUT2D eigenvalue weighted by molar-refractivity contribution is 0.595. The molecule has 128 valence electrons. The topological polar surface area (TPSA) is 24.1 Å². The van der Waals surface area contributed by atoms with Crippen LogP contribution in [0.25, 0.3) is 0 Å². The van der Waals surface area contributed by atoms with Crippen LogP contribution in [0.15, 0.2) is 48.5 Å². The van der Waals surface area contributed by atoms with Crippen LogP contribution in [-0.2, 0) is 13.1 Å². The van der Waals surface area contributed by atoms with E-state index in [1.807, 2.05) is 48.5 Å². The van der Waals surface area contributed by atoms with Crippen molar-refractivity contribution < 1.29 is 0 Å². The van der Waals surface area contributed by atoms with Crippen LogP contribution in [-0.4, -0.2) is 13.1 Å². The van der Waals surface area contributed by atoms with Gasteiger partial charge in [-0.05, 0) is 42.8 Å². The quantitative estimate of drug-likeness (QED) is 0.607. The highest BCUT2D eigenvalue weighted by atomic mass is 35.5. The fourth-order valence-corrected chi connectivity index (χ4v) is 2.47. The number of nitrogens with one attached hydrogen (secondary N) is 2. The summed E-state index contributed by atoms with van der Waals surface area (Å²) < 4.78 is 0. The number of rotatable bonds is 8. The summed E-state index contributed by atoms with van der Waals surface area (Å²) in [4.78, 5) is 0. The van der Waals surface area contributed by atoms with Gasteiger partial charge in [0.2, 0.25) is 0 Å². The summed E-state index contributed by atoms with van der Waals surface area (Å²) in [5.74, 6) is 0. The summed E-state index contributed by atoms with van der Waals surface area (Å²) >= 11 is 12.2. The standard InChI is InChI=1S/C17H20Cl2N2.2ClH/c18-16-8-3-1-6-14(16)12-20-10-5-11-21-13-15-7-2-4-9-17(15)19;;/h1-4,6-9,20-21H,5,10-13H2;2*1H. The number of halogens is 4. The minimum absolute atomic E-state index is 0. The van der Waals surface area contributed by atoms with E-state index in [9.17, 15) is 0 Å². The normalized spacial score (nSPS) is 9.83. The Bertz CT molecular complexity index is 514. The largest absolute Gasteiger partial charge is 0.313 e. The number of hydrogen-bond donors (Lipinski definition) is 2. The van der Waals surface area contributed by atoms with Gasteiger partial charge < -0.3 is 10.6 Å². The summed E-state index contributed by atoms with van der Waals surface area (Å²) in [6.45, 7) is 3.54. The lowest BCUT2D eigenvalue weighted by atomic mass is 10.2. The molecule has 0 heterocycles. The molecule has 0 saturated carbocycles. The first-order valence-electron chi connectivity index (χ1n) is 7.15. The van der Waals surface area contributed by atoms with Crippen molar-refractivity contribution in [2.24, 2.45) is 0 Å². The van der Waals surface area contributed by atoms with E-state index < -0.39 is 0 Å². The van der Waals surface area contributed by atoms with Crippen LogP contribution in [0.4, 0.5) is 0 Å². The average Bonchev–Trinajstić information content (AvgIpc) is 2.50. The summed E-state index contributed by atoms with van der Waals surface area (Å²) in [5.41, 5.74) is 2.28. The van der Waals surface area contributed by atoms with Crippen LogP contribution in [0.1, 0.15) is 17.5 Å². The van der Waals surface area contributed by atoms with E-state index in [2.05, 4.69) is 10.6 Å². The molecule has 0 radical (unpaired) electrons. The molecule has 6 heteroatoms. The van der Waals surface area contributed by atoms with Crippen molar-refractivity contribution in [1.29, 1.82) is 0 Å². The summed E-state index contributed by atoms with van der Waals surface area (Å²) in [6.07, 6.45) is 1.06. The highest BCUT2D eigenvalue weighted by Gasteiger charge is 1.99. The lowest BCUT2D eigenvalue weighted by Gasteiger charge is -2.08. The van der Waals surface area contributed by atoms with Gasteiger partial charge in [-0.3, -0.25) is 0 Å². The van der Waals surface area contributed by atoms with Gasteiger partial charge in [0.15, 0.2) is 0 Å². The second-order valence-electron chi connectivity index (χ2n) is 4.89. The fourth-order valence-electron chi connectivity index (χ4n) is 2.07. The Morgan fingerprint density at radius 3 is 1.43 bits per heavy atom. The highest BCUT2D eigenvalue weighted by Crippen LogP contribution is 2.15. The van der Waals surface area contributed by atoms with Crippen molar-refractivity contribution in [3.8, 4) is 0 Å². The first-order valence-corrected chi connectivity index (χ1v) is 7.91. The minimum Gasteiger partial charge on any atom is -0.313 e. The highest BCUT2D eigenvalue weighted by molar-refractivity contribution is 6.31. The minimum atomic E-state index is 0. The summed E-state index contributed by atoms with van der Waals surface area (Å²) in [5, 5.41) is 8.45. The van der Waals surface area contributed by atoms with Crippen LogP contribution in [0, 0.1) is 0 Å². The maximum atomic E-state index is 6.10. The molecule has 0 aliphatic carbocycles. The van der Waals surface area contributed by atoms with E-state index in [0.717, 1.165) is 53.8 Å². The van der Waals surface area contributed by atoms with E-state index in [4.69, 9.17) is 23.2 Å². The van der Waals surface area contributed by atoms with E-state index >= 15 is 0 Å². The van der Waals surface area contributed by atoms with Gasteiger partial charge in [-0.25, -0.2) is 0 Å². The van der Waals surface area contributed by atoms with Crippen molar-refractivity contribution in [3.63, 3.8) is 0 Å². The van der Waals surface area contributed by atoms with Gasteiger partial charge in [0.1, 0.15) is 0 Å². The Hall–Kier alpha value is -0.480. The molecule has 0 unspecified atom stereocenters. The van der Waals surface area contributed by atoms with E-state index in [-0.39, 0.29) is 24.8 Å². The first-order chi connectivity index (χ1) is 10.3. The van der Waals surface area contributed by atoms with Crippen molar-refractivity contribution in [3.05, 3.63) is 69.7 Å². The van der Waals surface area contributed by atoms with Gasteiger partial charge in [0.25, 0.3) is 0 Å². The molecule has 0 aliphatic rings. The molecule has 0 aromatic heterocycles. The maximum absolute atomic E-state index is 6.10. The third-order valence-electron chi connectivity index (χ3n) is 3.25. The lowest BCUT2D eigenvalue weighted by Crippen LogP contribution is -2.21. The van der Waals surface area contributed by atoms with Gasteiger partial charge in [0.05, 0.1) is 0 Å². The second-order valence-corrected chi connectivity index (χ2v) is 5.70. The molecule has 0 saturated heterocycles. The molecule has 2 rings (SSSR count). The molecule has 0 spiro atoms. The van der Waals surface area contributed by atoms with E-state index in [1.54, 1.807) is 0 Å². The average molecular weight is 396 g/mol. The molecule has 2 aromatic rings. The molecule has 0 atom stereocenters. The molecule has 2 aromatic carbocycles. The smallest absolute Gasteiger partial charge is 0.0450 e. The van der Waals surface area contributed by atoms with E-state index in [1.165, 1.54) is 0 Å². The molecule has 2 N–H and O–H groups in total. The predicted octanol–water partition coefficient (Wildman–Crippen LogP) is 5.11. The Balaban J connectivity index is 0.00000242. The summed E-state index contributed by atoms with van der Waals surface area (Å²) in [7, 11) is 0. The molecule has 0 amide bonds. The second kappa shape index (κ2) is 12.9. The Kier molecular flexibility index (Phi) is 12.6. The van der Waals surface area contributed by atoms with Crippen molar-refractivity contribution >= 4 is 48.0 Å². The van der Waals surface area contributed by atoms with Crippen LogP contribution < -0.4 is 10.6 Å². The molecule has 23 heavy (non-hydrogen) atoms. The molecule has 0 bridgehead atoms. The maximum Gasteiger partial charge on any atom is 0.0450 e. The SMILES string of the molecule is Cl.Cl.Clc1ccccc1CNCCCNCc1ccccc1Cl. The third-order valence-corrected chi connectivity index (χ3v) is 3.99. The van der Waals surface area contributed by atoms with Crippen molar-refractivity contribution in [1.82, 2.24) is 10.6 Å². The zero-order valence-electron chi connectivity index (χ0n) is 12.7. The molecular weight excluding hydrogens is 374 g/mol. The van der Waals surface area contributed by atoms with Crippen molar-refractivity contribution in [2.45, 2.75) is 19.5 Å². The number of hydrogen-bond acceptors (Lipinski definition) is 2. The third kappa shape index (κ3) is 8.25. The zero-order valence-corrected chi connectivity index (χ0v) is 15.9. The van der Waals surface area contributed by atoms with Gasteiger partial charge in [0, 0.05) is 23.1 Å². The van der Waals surface area contributed by atoms with Crippen molar-refractivity contribution in [2.75, 3.05) is 13.1 Å². The Morgan fingerprint density at radius 1 is 0.652 bits per heavy atom. The molecule has 0 aliphatic heterocycles. The first kappa shape index (κ1) is 22.5. The molecule has 2 nitrogen and oxygen atoms in total. The summed E-state index contributed by atoms with van der Waals surface area (Å²) in [6, 6.07) is 15.8.